The van der Waals surface area contributed by atoms with Gasteiger partial charge in [-0.3, -0.25) is 0 Å². The third-order valence-electron chi connectivity index (χ3n) is 3.02. The highest BCUT2D eigenvalue weighted by molar-refractivity contribution is 5.89. The fourth-order valence-electron chi connectivity index (χ4n) is 2.11. The Morgan fingerprint density at radius 2 is 1.94 bits per heavy atom. The largest absolute Gasteiger partial charge is 0.456 e. The molecule has 84 valence electrons. The molecule has 2 aliphatic rings. The highest BCUT2D eigenvalue weighted by Crippen LogP contribution is 2.32. The molecule has 1 aliphatic carbocycles. The van der Waals surface area contributed by atoms with Crippen LogP contribution in [0.3, 0.4) is 0 Å². The summed E-state index contributed by atoms with van der Waals surface area (Å²) in [5, 5.41) is 9.12. The van der Waals surface area contributed by atoms with Gasteiger partial charge in [0, 0.05) is 28.8 Å². The Labute approximate surface area is 98.3 Å². The summed E-state index contributed by atoms with van der Waals surface area (Å²) in [6.07, 6.45) is 0. The van der Waals surface area contributed by atoms with Crippen molar-refractivity contribution in [3.63, 3.8) is 0 Å². The molecule has 0 atom stereocenters. The van der Waals surface area contributed by atoms with Gasteiger partial charge in [-0.1, -0.05) is 0 Å². The smallest absolute Gasteiger partial charge is 0.137 e. The van der Waals surface area contributed by atoms with Crippen LogP contribution in [0.25, 0.3) is 22.3 Å². The van der Waals surface area contributed by atoms with Crippen LogP contribution in [0.15, 0.2) is 40.8 Å². The zero-order valence-electron chi connectivity index (χ0n) is 9.45. The van der Waals surface area contributed by atoms with E-state index in [2.05, 4.69) is 6.92 Å². The van der Waals surface area contributed by atoms with E-state index in [0.717, 1.165) is 27.9 Å². The van der Waals surface area contributed by atoms with Crippen LogP contribution in [0.2, 0.25) is 0 Å². The maximum atomic E-state index is 7.61. The Balaban J connectivity index is 2.53. The number of nitrogen functional groups attached to an aromatic ring is 1. The summed E-state index contributed by atoms with van der Waals surface area (Å²) in [6, 6.07) is 11.1. The van der Waals surface area contributed by atoms with E-state index < -0.39 is 0 Å². The molecular formula is C14H12N2O. The van der Waals surface area contributed by atoms with E-state index in [-0.39, 0.29) is 0 Å². The minimum Gasteiger partial charge on any atom is -0.456 e. The number of fused-ring (bicyclic) bond motifs is 2. The minimum atomic E-state index is 0.448. The van der Waals surface area contributed by atoms with Gasteiger partial charge in [-0.15, -0.1) is 0 Å². The fourth-order valence-corrected chi connectivity index (χ4v) is 2.11. The van der Waals surface area contributed by atoms with Crippen LogP contribution in [-0.2, 0) is 0 Å². The van der Waals surface area contributed by atoms with E-state index in [4.69, 9.17) is 15.6 Å². The second-order valence-corrected chi connectivity index (χ2v) is 4.19. The Morgan fingerprint density at radius 1 is 1.12 bits per heavy atom. The Kier molecular flexibility index (Phi) is 1.95. The maximum Gasteiger partial charge on any atom is 0.137 e. The number of hydrogen-bond donors (Lipinski definition) is 2. The van der Waals surface area contributed by atoms with Crippen molar-refractivity contribution in [1.29, 1.82) is 5.41 Å². The van der Waals surface area contributed by atoms with Gasteiger partial charge in [0.05, 0.1) is 5.36 Å². The molecule has 0 aromatic heterocycles. The van der Waals surface area contributed by atoms with E-state index in [1.165, 1.54) is 0 Å². The number of nitrogens with one attached hydrogen (secondary N) is 1. The highest BCUT2D eigenvalue weighted by Gasteiger charge is 2.11. The van der Waals surface area contributed by atoms with E-state index in [0.29, 0.717) is 11.0 Å². The molecule has 3 rings (SSSR count). The first-order valence-electron chi connectivity index (χ1n) is 5.42. The lowest BCUT2D eigenvalue weighted by Gasteiger charge is -2.11. The molecule has 0 fully saturated rings. The Bertz CT molecular complexity index is 743. The van der Waals surface area contributed by atoms with E-state index in [9.17, 15) is 0 Å². The van der Waals surface area contributed by atoms with Gasteiger partial charge in [0.25, 0.3) is 0 Å². The zero-order chi connectivity index (χ0) is 12.0. The van der Waals surface area contributed by atoms with Crippen LogP contribution in [-0.4, -0.2) is 0 Å². The first kappa shape index (κ1) is 9.90. The van der Waals surface area contributed by atoms with Gasteiger partial charge in [-0.05, 0) is 36.8 Å². The monoisotopic (exact) mass is 224 g/mol. The quantitative estimate of drug-likeness (QED) is 0.455. The van der Waals surface area contributed by atoms with Gasteiger partial charge in [-0.25, -0.2) is 0 Å². The Hall–Kier alpha value is -2.29. The van der Waals surface area contributed by atoms with Crippen LogP contribution in [0, 0.1) is 12.3 Å². The molecule has 1 aliphatic heterocycles. The van der Waals surface area contributed by atoms with Crippen molar-refractivity contribution in [2.45, 2.75) is 6.92 Å². The first-order chi connectivity index (χ1) is 8.15. The number of aryl methyl sites for hydroxylation is 1. The van der Waals surface area contributed by atoms with Crippen LogP contribution >= 0.6 is 0 Å². The lowest BCUT2D eigenvalue weighted by molar-refractivity contribution is 0.617. The maximum absolute atomic E-state index is 7.61. The van der Waals surface area contributed by atoms with Gasteiger partial charge in [0.1, 0.15) is 11.3 Å². The predicted octanol–water partition coefficient (Wildman–Crippen LogP) is 2.91. The molecule has 0 unspecified atom stereocenters. The van der Waals surface area contributed by atoms with Crippen molar-refractivity contribution in [3.8, 4) is 11.3 Å². The molecule has 1 heterocycles. The number of benzene rings is 2. The lowest BCUT2D eigenvalue weighted by atomic mass is 10.0. The van der Waals surface area contributed by atoms with Crippen molar-refractivity contribution in [3.05, 3.63) is 47.3 Å². The first-order valence-corrected chi connectivity index (χ1v) is 5.42. The van der Waals surface area contributed by atoms with Gasteiger partial charge in [-0.2, -0.15) is 0 Å². The molecule has 1 aromatic carbocycles. The van der Waals surface area contributed by atoms with E-state index >= 15 is 0 Å². The second kappa shape index (κ2) is 3.35. The Morgan fingerprint density at radius 3 is 2.76 bits per heavy atom. The number of hydrogen-bond acceptors (Lipinski definition) is 3. The lowest BCUT2D eigenvalue weighted by Crippen LogP contribution is -1.99. The molecule has 3 heteroatoms. The van der Waals surface area contributed by atoms with Crippen LogP contribution < -0.4 is 11.1 Å². The highest BCUT2D eigenvalue weighted by atomic mass is 16.3. The van der Waals surface area contributed by atoms with Crippen LogP contribution in [0.5, 0.6) is 0 Å². The SMILES string of the molecule is Cc1c2ccc(=N)cc-2oc2cc(N)ccc12. The van der Waals surface area contributed by atoms with Crippen molar-refractivity contribution in [1.82, 2.24) is 0 Å². The molecule has 0 saturated heterocycles. The third-order valence-corrected chi connectivity index (χ3v) is 3.02. The molecule has 0 radical (unpaired) electrons. The zero-order valence-corrected chi connectivity index (χ0v) is 9.45. The predicted molar refractivity (Wildman–Crippen MR) is 67.8 cm³/mol. The molecule has 0 amide bonds. The summed E-state index contributed by atoms with van der Waals surface area (Å²) >= 11 is 0. The van der Waals surface area contributed by atoms with Crippen molar-refractivity contribution < 1.29 is 4.42 Å². The van der Waals surface area contributed by atoms with Crippen molar-refractivity contribution in [2.75, 3.05) is 5.73 Å². The van der Waals surface area contributed by atoms with Gasteiger partial charge >= 0.3 is 0 Å². The van der Waals surface area contributed by atoms with Crippen LogP contribution in [0.1, 0.15) is 5.56 Å². The van der Waals surface area contributed by atoms with Gasteiger partial charge in [0.2, 0.25) is 0 Å². The van der Waals surface area contributed by atoms with Crippen molar-refractivity contribution >= 4 is 16.7 Å². The van der Waals surface area contributed by atoms with Gasteiger partial charge in [0.15, 0.2) is 0 Å². The molecule has 0 saturated carbocycles. The molecular weight excluding hydrogens is 212 g/mol. The number of anilines is 1. The van der Waals surface area contributed by atoms with Crippen LogP contribution in [0.4, 0.5) is 5.69 Å². The molecule has 17 heavy (non-hydrogen) atoms. The molecule has 3 nitrogen and oxygen atoms in total. The minimum absolute atomic E-state index is 0.448. The van der Waals surface area contributed by atoms with E-state index in [1.54, 1.807) is 12.1 Å². The third kappa shape index (κ3) is 1.47. The standard InChI is InChI=1S/C14H12N2O/c1-8-11-4-2-9(15)6-13(11)17-14-7-10(16)3-5-12(8)14/h2-7,15H,16H2,1H3. The summed E-state index contributed by atoms with van der Waals surface area (Å²) in [4.78, 5) is 0. The summed E-state index contributed by atoms with van der Waals surface area (Å²) < 4.78 is 5.79. The molecule has 3 N–H and O–H groups in total. The normalized spacial score (nSPS) is 11.1. The topological polar surface area (TPSA) is 63.0 Å². The molecule has 0 bridgehead atoms. The number of nitrogens with two attached hydrogens (primary N) is 1. The summed E-state index contributed by atoms with van der Waals surface area (Å²) in [5.74, 6) is 0.730. The summed E-state index contributed by atoms with van der Waals surface area (Å²) in [6.45, 7) is 2.06. The van der Waals surface area contributed by atoms with E-state index in [1.807, 2.05) is 24.3 Å². The average Bonchev–Trinajstić information content (AvgIpc) is 2.28. The second-order valence-electron chi connectivity index (χ2n) is 4.19. The van der Waals surface area contributed by atoms with Gasteiger partial charge < -0.3 is 15.6 Å². The molecule has 1 aromatic rings. The van der Waals surface area contributed by atoms with Crippen molar-refractivity contribution in [2.24, 2.45) is 0 Å². The number of rotatable bonds is 0. The average molecular weight is 224 g/mol. The molecule has 0 spiro atoms. The summed E-state index contributed by atoms with van der Waals surface area (Å²) in [5.41, 5.74) is 9.39. The summed E-state index contributed by atoms with van der Waals surface area (Å²) in [7, 11) is 0. The fraction of sp³-hybridized carbons (Fsp3) is 0.0714.